The van der Waals surface area contributed by atoms with Crippen LogP contribution >= 0.6 is 0 Å². The molecule has 0 radical (unpaired) electrons. The Labute approximate surface area is 237 Å². The second-order valence-corrected chi connectivity index (χ2v) is 11.3. The van der Waals surface area contributed by atoms with E-state index in [-0.39, 0.29) is 35.6 Å². The van der Waals surface area contributed by atoms with Crippen LogP contribution in [-0.4, -0.2) is 44.2 Å². The molecule has 1 aliphatic rings. The van der Waals surface area contributed by atoms with Crippen LogP contribution in [0, 0.1) is 5.82 Å². The molecule has 1 saturated carbocycles. The first kappa shape index (κ1) is 28.0. The van der Waals surface area contributed by atoms with Crippen molar-refractivity contribution in [3.05, 3.63) is 72.0 Å². The zero-order chi connectivity index (χ0) is 29.1. The fraction of sp³-hybridized carbons (Fsp3) is 0.367. The van der Waals surface area contributed by atoms with Gasteiger partial charge in [0.25, 0.3) is 5.91 Å². The average molecular weight is 560 g/mol. The molecule has 3 aromatic heterocycles. The molecule has 4 N–H and O–H groups in total. The van der Waals surface area contributed by atoms with Gasteiger partial charge in [-0.15, -0.1) is 0 Å². The van der Waals surface area contributed by atoms with Crippen molar-refractivity contribution in [2.75, 3.05) is 5.32 Å². The maximum Gasteiger partial charge on any atom is 0.273 e. The number of rotatable bonds is 8. The predicted octanol–water partition coefficient (Wildman–Crippen LogP) is 5.00. The highest BCUT2D eigenvalue weighted by Gasteiger charge is 2.28. The van der Waals surface area contributed by atoms with Crippen LogP contribution in [0.25, 0.3) is 22.2 Å². The van der Waals surface area contributed by atoms with Gasteiger partial charge in [-0.1, -0.05) is 57.5 Å². The lowest BCUT2D eigenvalue weighted by molar-refractivity contribution is -0.117. The molecule has 3 heterocycles. The van der Waals surface area contributed by atoms with E-state index in [0.29, 0.717) is 28.4 Å². The first-order valence-electron chi connectivity index (χ1n) is 13.7. The lowest BCUT2D eigenvalue weighted by atomic mass is 9.90. The van der Waals surface area contributed by atoms with Gasteiger partial charge in [-0.3, -0.25) is 14.7 Å². The minimum Gasteiger partial charge on any atom is -0.363 e. The molecule has 214 valence electrons. The van der Waals surface area contributed by atoms with Gasteiger partial charge in [0, 0.05) is 41.9 Å². The Morgan fingerprint density at radius 3 is 2.66 bits per heavy atom. The number of H-pyrrole nitrogens is 1. The molecule has 1 aromatic carbocycles. The highest BCUT2D eigenvalue weighted by Crippen LogP contribution is 2.34. The van der Waals surface area contributed by atoms with E-state index in [1.807, 2.05) is 26.8 Å². The molecular weight excluding hydrogens is 525 g/mol. The zero-order valence-electron chi connectivity index (χ0n) is 23.4. The van der Waals surface area contributed by atoms with Crippen LogP contribution in [0.5, 0.6) is 0 Å². The SMILES string of the molecule is C=CC(=O)N[C@@H]1CCCC[C@H]1Nc1n[nH]c2nccc(-c3ccc(CNC(=O)c4cc(C(C)(C)C)on4)c(F)c3)c12. The van der Waals surface area contributed by atoms with Gasteiger partial charge in [-0.25, -0.2) is 9.37 Å². The lowest BCUT2D eigenvalue weighted by Crippen LogP contribution is -2.48. The number of hydrogen-bond acceptors (Lipinski definition) is 7. The van der Waals surface area contributed by atoms with E-state index < -0.39 is 11.7 Å². The summed E-state index contributed by atoms with van der Waals surface area (Å²) < 4.78 is 20.5. The smallest absolute Gasteiger partial charge is 0.273 e. The maximum atomic E-state index is 15.3. The summed E-state index contributed by atoms with van der Waals surface area (Å²) in [5.41, 5.74) is 2.15. The van der Waals surface area contributed by atoms with Crippen molar-refractivity contribution in [2.45, 2.75) is 70.5 Å². The zero-order valence-corrected chi connectivity index (χ0v) is 23.4. The Balaban J connectivity index is 1.34. The van der Waals surface area contributed by atoms with Crippen molar-refractivity contribution in [3.63, 3.8) is 0 Å². The van der Waals surface area contributed by atoms with Crippen LogP contribution in [0.1, 0.15) is 68.3 Å². The number of aromatic nitrogens is 4. The Kier molecular flexibility index (Phi) is 7.87. The van der Waals surface area contributed by atoms with Gasteiger partial charge in [0.15, 0.2) is 17.2 Å². The van der Waals surface area contributed by atoms with Gasteiger partial charge in [0.05, 0.1) is 5.39 Å². The summed E-state index contributed by atoms with van der Waals surface area (Å²) in [5.74, 6) is 0.0754. The largest absolute Gasteiger partial charge is 0.363 e. The molecule has 0 saturated heterocycles. The Morgan fingerprint density at radius 1 is 1.17 bits per heavy atom. The van der Waals surface area contributed by atoms with Crippen LogP contribution in [0.15, 0.2) is 53.7 Å². The summed E-state index contributed by atoms with van der Waals surface area (Å²) in [5, 5.41) is 21.2. The Bertz CT molecular complexity index is 1590. The molecule has 5 rings (SSSR count). The monoisotopic (exact) mass is 559 g/mol. The third-order valence-corrected chi connectivity index (χ3v) is 7.35. The molecule has 2 atom stereocenters. The fourth-order valence-electron chi connectivity index (χ4n) is 5.05. The van der Waals surface area contributed by atoms with Crippen molar-refractivity contribution in [1.29, 1.82) is 0 Å². The number of benzene rings is 1. The molecule has 0 spiro atoms. The molecule has 0 bridgehead atoms. The van der Waals surface area contributed by atoms with E-state index in [0.717, 1.165) is 36.6 Å². The summed E-state index contributed by atoms with van der Waals surface area (Å²) in [4.78, 5) is 28.9. The molecule has 2 amide bonds. The molecule has 0 aliphatic heterocycles. The molecule has 4 aromatic rings. The van der Waals surface area contributed by atoms with Crippen molar-refractivity contribution in [3.8, 4) is 11.1 Å². The van der Waals surface area contributed by atoms with Gasteiger partial charge in [0.1, 0.15) is 11.6 Å². The second-order valence-electron chi connectivity index (χ2n) is 11.3. The van der Waals surface area contributed by atoms with E-state index in [4.69, 9.17) is 4.52 Å². The van der Waals surface area contributed by atoms with E-state index in [9.17, 15) is 9.59 Å². The number of carbonyl (C=O) groups is 2. The van der Waals surface area contributed by atoms with Crippen LogP contribution in [0.3, 0.4) is 0 Å². The number of nitrogens with one attached hydrogen (secondary N) is 4. The van der Waals surface area contributed by atoms with Crippen LogP contribution < -0.4 is 16.0 Å². The Morgan fingerprint density at radius 2 is 1.95 bits per heavy atom. The minimum absolute atomic E-state index is 0.00751. The van der Waals surface area contributed by atoms with Gasteiger partial charge < -0.3 is 20.5 Å². The fourth-order valence-corrected chi connectivity index (χ4v) is 5.05. The van der Waals surface area contributed by atoms with E-state index >= 15 is 4.39 Å². The number of amides is 2. The number of fused-ring (bicyclic) bond motifs is 1. The third-order valence-electron chi connectivity index (χ3n) is 7.35. The van der Waals surface area contributed by atoms with E-state index in [2.05, 4.69) is 42.9 Å². The van der Waals surface area contributed by atoms with Gasteiger partial charge in [-0.2, -0.15) is 5.10 Å². The number of pyridine rings is 1. The van der Waals surface area contributed by atoms with Gasteiger partial charge in [0.2, 0.25) is 5.91 Å². The Hall–Kier alpha value is -4.54. The quantitative estimate of drug-likeness (QED) is 0.223. The molecule has 1 fully saturated rings. The third kappa shape index (κ3) is 6.13. The molecule has 10 nitrogen and oxygen atoms in total. The topological polar surface area (TPSA) is 138 Å². The number of nitrogens with zero attached hydrogens (tertiary/aromatic N) is 3. The van der Waals surface area contributed by atoms with Crippen molar-refractivity contribution < 1.29 is 18.5 Å². The number of halogens is 1. The molecular formula is C30H34FN7O3. The van der Waals surface area contributed by atoms with Crippen molar-refractivity contribution in [1.82, 2.24) is 31.0 Å². The lowest BCUT2D eigenvalue weighted by Gasteiger charge is -2.32. The average Bonchev–Trinajstić information content (AvgIpc) is 3.61. The van der Waals surface area contributed by atoms with Gasteiger partial charge in [-0.05, 0) is 42.2 Å². The summed E-state index contributed by atoms with van der Waals surface area (Å²) >= 11 is 0. The number of carbonyl (C=O) groups excluding carboxylic acids is 2. The van der Waals surface area contributed by atoms with Crippen molar-refractivity contribution in [2.24, 2.45) is 0 Å². The minimum atomic E-state index is -0.458. The predicted molar refractivity (Wildman–Crippen MR) is 154 cm³/mol. The number of aromatic amines is 1. The molecule has 11 heteroatoms. The van der Waals surface area contributed by atoms with Gasteiger partial charge >= 0.3 is 0 Å². The van der Waals surface area contributed by atoms with E-state index in [1.165, 1.54) is 12.1 Å². The second kappa shape index (κ2) is 11.5. The van der Waals surface area contributed by atoms with Crippen LogP contribution in [0.2, 0.25) is 0 Å². The maximum absolute atomic E-state index is 15.3. The van der Waals surface area contributed by atoms with Crippen LogP contribution in [-0.2, 0) is 16.8 Å². The normalized spacial score (nSPS) is 17.3. The van der Waals surface area contributed by atoms with Crippen molar-refractivity contribution >= 4 is 28.7 Å². The molecule has 41 heavy (non-hydrogen) atoms. The highest BCUT2D eigenvalue weighted by molar-refractivity contribution is 6.00. The highest BCUT2D eigenvalue weighted by atomic mass is 19.1. The van der Waals surface area contributed by atoms with E-state index in [1.54, 1.807) is 24.4 Å². The molecule has 0 unspecified atom stereocenters. The summed E-state index contributed by atoms with van der Waals surface area (Å²) in [6, 6.07) is 8.21. The summed E-state index contributed by atoms with van der Waals surface area (Å²) in [6.45, 7) is 9.43. The van der Waals surface area contributed by atoms with Crippen LogP contribution in [0.4, 0.5) is 10.2 Å². The first-order valence-corrected chi connectivity index (χ1v) is 13.7. The number of hydrogen-bond donors (Lipinski definition) is 4. The standard InChI is InChI=1S/C30H34FN7O3/c1-5-25(39)34-21-8-6-7-9-22(21)35-28-26-19(12-13-32-27(26)36-37-28)17-10-11-18(20(31)14-17)16-33-29(40)23-15-24(41-38-23)30(2,3)4/h5,10-15,21-22H,1,6-9,16H2,2-4H3,(H,33,40)(H,34,39)(H2,32,35,36,37)/t21-,22-/m1/s1. The molecule has 1 aliphatic carbocycles. The number of anilines is 1. The summed E-state index contributed by atoms with van der Waals surface area (Å²) in [6.07, 6.45) is 6.69. The summed E-state index contributed by atoms with van der Waals surface area (Å²) in [7, 11) is 0. The first-order chi connectivity index (χ1) is 19.6.